The molecule has 2 heteroatoms. The summed E-state index contributed by atoms with van der Waals surface area (Å²) in [5.74, 6) is 0. The van der Waals surface area contributed by atoms with Crippen molar-refractivity contribution < 1.29 is 0 Å². The van der Waals surface area contributed by atoms with Crippen LogP contribution >= 0.6 is 0 Å². The first-order valence-corrected chi connectivity index (χ1v) is 8.20. The predicted molar refractivity (Wildman–Crippen MR) is 89.5 cm³/mol. The van der Waals surface area contributed by atoms with E-state index < -0.39 is 0 Å². The third-order valence-corrected chi connectivity index (χ3v) is 4.75. The fourth-order valence-corrected chi connectivity index (χ4v) is 3.65. The van der Waals surface area contributed by atoms with Gasteiger partial charge in [0, 0.05) is 17.6 Å². The number of para-hydroxylation sites is 1. The highest BCUT2D eigenvalue weighted by Crippen LogP contribution is 2.35. The largest absolute Gasteiger partial charge is 0.314 e. The van der Waals surface area contributed by atoms with E-state index in [2.05, 4.69) is 48.4 Å². The molecule has 1 aromatic heterocycles. The molecule has 1 atom stereocenters. The maximum atomic E-state index is 4.54. The van der Waals surface area contributed by atoms with Gasteiger partial charge in [-0.2, -0.15) is 0 Å². The van der Waals surface area contributed by atoms with E-state index in [1.807, 2.05) is 12.3 Å². The number of aromatic nitrogens is 1. The summed E-state index contributed by atoms with van der Waals surface area (Å²) in [6, 6.07) is 11.3. The second-order valence-corrected chi connectivity index (χ2v) is 7.15. The molecule has 21 heavy (non-hydrogen) atoms. The molecule has 0 saturated heterocycles. The summed E-state index contributed by atoms with van der Waals surface area (Å²) in [6.07, 6.45) is 8.32. The summed E-state index contributed by atoms with van der Waals surface area (Å²) in [6.45, 7) is 5.85. The lowest BCUT2D eigenvalue weighted by molar-refractivity contribution is 0.199. The minimum atomic E-state index is 0.511. The van der Waals surface area contributed by atoms with Gasteiger partial charge in [0.1, 0.15) is 0 Å². The summed E-state index contributed by atoms with van der Waals surface area (Å²) < 4.78 is 0. The van der Waals surface area contributed by atoms with Crippen LogP contribution in [0.4, 0.5) is 0 Å². The van der Waals surface area contributed by atoms with Crippen LogP contribution in [0.15, 0.2) is 36.5 Å². The summed E-state index contributed by atoms with van der Waals surface area (Å²) in [5.41, 5.74) is 3.03. The highest BCUT2D eigenvalue weighted by molar-refractivity contribution is 5.81. The number of nitrogens with zero attached hydrogens (tertiary/aromatic N) is 1. The summed E-state index contributed by atoms with van der Waals surface area (Å²) in [7, 11) is 0. The molecular formula is C19H26N2. The highest BCUT2D eigenvalue weighted by atomic mass is 14.9. The van der Waals surface area contributed by atoms with E-state index in [1.165, 1.54) is 36.6 Å². The molecule has 0 spiro atoms. The Morgan fingerprint density at radius 1 is 1.24 bits per heavy atom. The molecule has 3 rings (SSSR count). The van der Waals surface area contributed by atoms with Crippen LogP contribution in [0.5, 0.6) is 0 Å². The molecule has 1 aromatic carbocycles. The third kappa shape index (κ3) is 3.62. The molecule has 1 unspecified atom stereocenters. The Balaban J connectivity index is 1.60. The second-order valence-electron chi connectivity index (χ2n) is 7.15. The fourth-order valence-electron chi connectivity index (χ4n) is 3.65. The van der Waals surface area contributed by atoms with Crippen molar-refractivity contribution in [2.75, 3.05) is 6.54 Å². The van der Waals surface area contributed by atoms with E-state index in [4.69, 9.17) is 0 Å². The van der Waals surface area contributed by atoms with Crippen molar-refractivity contribution in [1.29, 1.82) is 0 Å². The van der Waals surface area contributed by atoms with Gasteiger partial charge in [0.15, 0.2) is 0 Å². The molecule has 1 heterocycles. The van der Waals surface area contributed by atoms with Gasteiger partial charge in [-0.05, 0) is 49.3 Å². The van der Waals surface area contributed by atoms with Crippen molar-refractivity contribution >= 4 is 10.9 Å². The lowest BCUT2D eigenvalue weighted by Crippen LogP contribution is -2.38. The maximum Gasteiger partial charge on any atom is 0.0734 e. The van der Waals surface area contributed by atoms with E-state index in [0.717, 1.165) is 18.5 Å². The quantitative estimate of drug-likeness (QED) is 0.902. The number of benzene rings is 1. The standard InChI is InChI=1S/C19H26N2/c1-19(2)11-4-9-17(14-19)20-13-10-16-7-3-6-15-8-5-12-21-18(15)16/h3,5-8,12,17,20H,4,9-11,13-14H2,1-2H3. The average Bonchev–Trinajstić information content (AvgIpc) is 2.46. The Bertz CT molecular complexity index is 598. The number of hydrogen-bond acceptors (Lipinski definition) is 2. The molecule has 0 aliphatic heterocycles. The van der Waals surface area contributed by atoms with Crippen molar-refractivity contribution in [2.45, 2.75) is 52.0 Å². The Hall–Kier alpha value is -1.41. The monoisotopic (exact) mass is 282 g/mol. The molecular weight excluding hydrogens is 256 g/mol. The zero-order chi connectivity index (χ0) is 14.7. The van der Waals surface area contributed by atoms with Crippen LogP contribution < -0.4 is 5.32 Å². The number of hydrogen-bond donors (Lipinski definition) is 1. The van der Waals surface area contributed by atoms with Crippen LogP contribution in [-0.4, -0.2) is 17.6 Å². The first-order valence-electron chi connectivity index (χ1n) is 8.20. The SMILES string of the molecule is CC1(C)CCCC(NCCc2cccc3cccnc23)C1. The van der Waals surface area contributed by atoms with Gasteiger partial charge in [-0.1, -0.05) is 44.5 Å². The highest BCUT2D eigenvalue weighted by Gasteiger charge is 2.27. The van der Waals surface area contributed by atoms with Crippen LogP contribution in [0.3, 0.4) is 0 Å². The Labute approximate surface area is 128 Å². The van der Waals surface area contributed by atoms with Gasteiger partial charge in [0.2, 0.25) is 0 Å². The molecule has 1 aliphatic rings. The normalized spacial score (nSPS) is 21.5. The number of nitrogens with one attached hydrogen (secondary N) is 1. The smallest absolute Gasteiger partial charge is 0.0734 e. The van der Waals surface area contributed by atoms with Gasteiger partial charge in [-0.25, -0.2) is 0 Å². The minimum absolute atomic E-state index is 0.511. The average molecular weight is 282 g/mol. The van der Waals surface area contributed by atoms with Crippen LogP contribution in [-0.2, 0) is 6.42 Å². The Kier molecular flexibility index (Phi) is 4.25. The van der Waals surface area contributed by atoms with Gasteiger partial charge in [-0.3, -0.25) is 4.98 Å². The van der Waals surface area contributed by atoms with Crippen LogP contribution in [0.1, 0.15) is 45.1 Å². The van der Waals surface area contributed by atoms with Crippen molar-refractivity contribution in [3.05, 3.63) is 42.1 Å². The van der Waals surface area contributed by atoms with Crippen molar-refractivity contribution in [1.82, 2.24) is 10.3 Å². The van der Waals surface area contributed by atoms with E-state index in [1.54, 1.807) is 0 Å². The maximum absolute atomic E-state index is 4.54. The van der Waals surface area contributed by atoms with E-state index in [9.17, 15) is 0 Å². The lowest BCUT2D eigenvalue weighted by Gasteiger charge is -2.35. The molecule has 112 valence electrons. The van der Waals surface area contributed by atoms with E-state index in [-0.39, 0.29) is 0 Å². The number of pyridine rings is 1. The van der Waals surface area contributed by atoms with Crippen molar-refractivity contribution in [3.63, 3.8) is 0 Å². The molecule has 2 aromatic rings. The van der Waals surface area contributed by atoms with E-state index >= 15 is 0 Å². The zero-order valence-corrected chi connectivity index (χ0v) is 13.2. The molecule has 0 amide bonds. The van der Waals surface area contributed by atoms with Crippen LogP contribution in [0, 0.1) is 5.41 Å². The first kappa shape index (κ1) is 14.5. The van der Waals surface area contributed by atoms with Crippen LogP contribution in [0.25, 0.3) is 10.9 Å². The van der Waals surface area contributed by atoms with Crippen molar-refractivity contribution in [2.24, 2.45) is 5.41 Å². The lowest BCUT2D eigenvalue weighted by atomic mass is 9.75. The Morgan fingerprint density at radius 2 is 2.10 bits per heavy atom. The van der Waals surface area contributed by atoms with Crippen molar-refractivity contribution in [3.8, 4) is 0 Å². The van der Waals surface area contributed by atoms with Gasteiger partial charge in [-0.15, -0.1) is 0 Å². The molecule has 1 fully saturated rings. The van der Waals surface area contributed by atoms with Gasteiger partial charge >= 0.3 is 0 Å². The minimum Gasteiger partial charge on any atom is -0.314 e. The molecule has 0 radical (unpaired) electrons. The zero-order valence-electron chi connectivity index (χ0n) is 13.2. The summed E-state index contributed by atoms with van der Waals surface area (Å²) in [5, 5.41) is 5.01. The first-order chi connectivity index (χ1) is 10.1. The van der Waals surface area contributed by atoms with Gasteiger partial charge in [0.05, 0.1) is 5.52 Å². The predicted octanol–water partition coefficient (Wildman–Crippen LogP) is 4.34. The van der Waals surface area contributed by atoms with E-state index in [0.29, 0.717) is 11.5 Å². The molecule has 1 N–H and O–H groups in total. The molecule has 1 aliphatic carbocycles. The molecule has 0 bridgehead atoms. The topological polar surface area (TPSA) is 24.9 Å². The molecule has 1 saturated carbocycles. The Morgan fingerprint density at radius 3 is 2.95 bits per heavy atom. The number of rotatable bonds is 4. The van der Waals surface area contributed by atoms with Crippen LogP contribution in [0.2, 0.25) is 0 Å². The second kappa shape index (κ2) is 6.15. The van der Waals surface area contributed by atoms with Gasteiger partial charge < -0.3 is 5.32 Å². The fraction of sp³-hybridized carbons (Fsp3) is 0.526. The number of fused-ring (bicyclic) bond motifs is 1. The molecule has 2 nitrogen and oxygen atoms in total. The summed E-state index contributed by atoms with van der Waals surface area (Å²) in [4.78, 5) is 4.54. The summed E-state index contributed by atoms with van der Waals surface area (Å²) >= 11 is 0. The third-order valence-electron chi connectivity index (χ3n) is 4.75. The van der Waals surface area contributed by atoms with Gasteiger partial charge in [0.25, 0.3) is 0 Å².